The molecule has 0 aromatic carbocycles. The van der Waals surface area contributed by atoms with Crippen LogP contribution < -0.4 is 5.32 Å². The highest BCUT2D eigenvalue weighted by molar-refractivity contribution is 8.00. The van der Waals surface area contributed by atoms with Gasteiger partial charge in [-0.05, 0) is 70.6 Å². The number of nitrogens with one attached hydrogen (secondary N) is 1. The second kappa shape index (κ2) is 7.90. The van der Waals surface area contributed by atoms with E-state index in [1.165, 1.54) is 63.7 Å². The highest BCUT2D eigenvalue weighted by Crippen LogP contribution is 2.42. The standard InChI is InChI=1S/C16H31NOS/c1-3-11-17-15(16(2)10-6-13-19-16)9-4-7-14-8-5-12-18-14/h14-15,17H,3-13H2,1-2H3. The first-order valence-electron chi connectivity index (χ1n) is 8.23. The zero-order valence-corrected chi connectivity index (χ0v) is 13.6. The van der Waals surface area contributed by atoms with Crippen molar-refractivity contribution in [2.75, 3.05) is 18.9 Å². The van der Waals surface area contributed by atoms with Crippen LogP contribution >= 0.6 is 11.8 Å². The molecule has 0 bridgehead atoms. The van der Waals surface area contributed by atoms with Crippen LogP contribution in [-0.4, -0.2) is 35.8 Å². The molecule has 2 saturated heterocycles. The van der Waals surface area contributed by atoms with Crippen molar-refractivity contribution < 1.29 is 4.74 Å². The highest BCUT2D eigenvalue weighted by atomic mass is 32.2. The zero-order valence-electron chi connectivity index (χ0n) is 12.7. The van der Waals surface area contributed by atoms with Gasteiger partial charge in [0.05, 0.1) is 6.10 Å². The summed E-state index contributed by atoms with van der Waals surface area (Å²) < 4.78 is 6.22. The van der Waals surface area contributed by atoms with Gasteiger partial charge in [-0.2, -0.15) is 11.8 Å². The third-order valence-corrected chi connectivity index (χ3v) is 6.31. The number of hydrogen-bond donors (Lipinski definition) is 1. The Morgan fingerprint density at radius 1 is 1.42 bits per heavy atom. The lowest BCUT2D eigenvalue weighted by Crippen LogP contribution is -2.45. The average molecular weight is 285 g/mol. The van der Waals surface area contributed by atoms with Crippen LogP contribution in [0, 0.1) is 0 Å². The van der Waals surface area contributed by atoms with Crippen molar-refractivity contribution >= 4 is 11.8 Å². The summed E-state index contributed by atoms with van der Waals surface area (Å²) in [4.78, 5) is 0. The van der Waals surface area contributed by atoms with Crippen LogP contribution in [0.4, 0.5) is 0 Å². The monoisotopic (exact) mass is 285 g/mol. The Kier molecular flexibility index (Phi) is 6.51. The Bertz CT molecular complexity index is 247. The second-order valence-electron chi connectivity index (χ2n) is 6.34. The number of ether oxygens (including phenoxy) is 1. The quantitative estimate of drug-likeness (QED) is 0.728. The van der Waals surface area contributed by atoms with Gasteiger partial charge in [0.2, 0.25) is 0 Å². The van der Waals surface area contributed by atoms with Crippen LogP contribution in [0.3, 0.4) is 0 Å². The van der Waals surface area contributed by atoms with Gasteiger partial charge < -0.3 is 10.1 Å². The highest BCUT2D eigenvalue weighted by Gasteiger charge is 2.37. The molecule has 0 aromatic rings. The van der Waals surface area contributed by atoms with Crippen molar-refractivity contribution in [1.82, 2.24) is 5.32 Å². The molecule has 0 spiro atoms. The molecule has 0 aromatic heterocycles. The van der Waals surface area contributed by atoms with E-state index < -0.39 is 0 Å². The van der Waals surface area contributed by atoms with E-state index in [-0.39, 0.29) is 0 Å². The summed E-state index contributed by atoms with van der Waals surface area (Å²) in [5, 5.41) is 3.82. The predicted octanol–water partition coefficient (Wildman–Crippen LogP) is 3.99. The van der Waals surface area contributed by atoms with Crippen molar-refractivity contribution in [3.63, 3.8) is 0 Å². The summed E-state index contributed by atoms with van der Waals surface area (Å²) in [5.74, 6) is 1.35. The Hall–Kier alpha value is 0.270. The lowest BCUT2D eigenvalue weighted by Gasteiger charge is -2.34. The maximum absolute atomic E-state index is 5.74. The van der Waals surface area contributed by atoms with Gasteiger partial charge in [0, 0.05) is 17.4 Å². The first-order valence-corrected chi connectivity index (χ1v) is 9.22. The molecule has 3 unspecified atom stereocenters. The van der Waals surface area contributed by atoms with E-state index in [2.05, 4.69) is 30.9 Å². The molecule has 2 heterocycles. The molecule has 0 amide bonds. The van der Waals surface area contributed by atoms with Gasteiger partial charge in [-0.15, -0.1) is 0 Å². The van der Waals surface area contributed by atoms with Crippen LogP contribution in [0.2, 0.25) is 0 Å². The first-order chi connectivity index (χ1) is 9.24. The van der Waals surface area contributed by atoms with E-state index in [0.29, 0.717) is 16.9 Å². The van der Waals surface area contributed by atoms with E-state index in [1.54, 1.807) is 0 Å². The van der Waals surface area contributed by atoms with Crippen molar-refractivity contribution in [3.8, 4) is 0 Å². The fraction of sp³-hybridized carbons (Fsp3) is 1.00. The molecule has 3 atom stereocenters. The fourth-order valence-corrected chi connectivity index (χ4v) is 4.89. The molecule has 2 aliphatic heterocycles. The molecule has 1 N–H and O–H groups in total. The molecular formula is C16H31NOS. The molecule has 112 valence electrons. The molecule has 2 nitrogen and oxygen atoms in total. The summed E-state index contributed by atoms with van der Waals surface area (Å²) in [7, 11) is 0. The van der Waals surface area contributed by atoms with Gasteiger partial charge in [0.25, 0.3) is 0 Å². The summed E-state index contributed by atoms with van der Waals surface area (Å²) in [6.45, 7) is 6.90. The van der Waals surface area contributed by atoms with Crippen LogP contribution in [0.25, 0.3) is 0 Å². The molecule has 0 radical (unpaired) electrons. The van der Waals surface area contributed by atoms with E-state index in [0.717, 1.165) is 6.61 Å². The van der Waals surface area contributed by atoms with Crippen LogP contribution in [0.1, 0.15) is 65.2 Å². The van der Waals surface area contributed by atoms with Crippen molar-refractivity contribution in [3.05, 3.63) is 0 Å². The SMILES string of the molecule is CCCNC(CCCC1CCCO1)C1(C)CCCS1. The van der Waals surface area contributed by atoms with E-state index in [1.807, 2.05) is 0 Å². The lowest BCUT2D eigenvalue weighted by atomic mass is 9.91. The third kappa shape index (κ3) is 4.64. The largest absolute Gasteiger partial charge is 0.378 e. The first kappa shape index (κ1) is 15.7. The van der Waals surface area contributed by atoms with Gasteiger partial charge in [0.15, 0.2) is 0 Å². The van der Waals surface area contributed by atoms with Crippen molar-refractivity contribution in [1.29, 1.82) is 0 Å². The van der Waals surface area contributed by atoms with Gasteiger partial charge in [-0.1, -0.05) is 6.92 Å². The van der Waals surface area contributed by atoms with E-state index >= 15 is 0 Å². The summed E-state index contributed by atoms with van der Waals surface area (Å²) in [6.07, 6.45) is 11.1. The van der Waals surface area contributed by atoms with Crippen LogP contribution in [0.15, 0.2) is 0 Å². The Balaban J connectivity index is 1.75. The minimum Gasteiger partial charge on any atom is -0.378 e. The predicted molar refractivity (Wildman–Crippen MR) is 85.0 cm³/mol. The lowest BCUT2D eigenvalue weighted by molar-refractivity contribution is 0.101. The third-order valence-electron chi connectivity index (χ3n) is 4.67. The Morgan fingerprint density at radius 3 is 2.95 bits per heavy atom. The smallest absolute Gasteiger partial charge is 0.0576 e. The molecule has 3 heteroatoms. The minimum atomic E-state index is 0.478. The molecular weight excluding hydrogens is 254 g/mol. The van der Waals surface area contributed by atoms with Crippen molar-refractivity contribution in [2.45, 2.75) is 82.1 Å². The molecule has 0 aliphatic carbocycles. The minimum absolute atomic E-state index is 0.478. The van der Waals surface area contributed by atoms with Gasteiger partial charge in [-0.3, -0.25) is 0 Å². The molecule has 0 saturated carbocycles. The van der Waals surface area contributed by atoms with E-state index in [9.17, 15) is 0 Å². The second-order valence-corrected chi connectivity index (χ2v) is 7.97. The van der Waals surface area contributed by atoms with Crippen LogP contribution in [0.5, 0.6) is 0 Å². The Labute approximate surface area is 123 Å². The van der Waals surface area contributed by atoms with Crippen LogP contribution in [-0.2, 0) is 4.74 Å². The summed E-state index contributed by atoms with van der Waals surface area (Å²) in [5.41, 5.74) is 0. The molecule has 2 fully saturated rings. The number of thioether (sulfide) groups is 1. The van der Waals surface area contributed by atoms with Gasteiger partial charge in [0.1, 0.15) is 0 Å². The number of hydrogen-bond acceptors (Lipinski definition) is 3. The topological polar surface area (TPSA) is 21.3 Å². The zero-order chi connectivity index (χ0) is 13.6. The maximum Gasteiger partial charge on any atom is 0.0576 e. The molecule has 2 rings (SSSR count). The van der Waals surface area contributed by atoms with Gasteiger partial charge in [-0.25, -0.2) is 0 Å². The van der Waals surface area contributed by atoms with E-state index in [4.69, 9.17) is 4.74 Å². The normalized spacial score (nSPS) is 32.8. The summed E-state index contributed by atoms with van der Waals surface area (Å²) in [6, 6.07) is 0.696. The molecule has 19 heavy (non-hydrogen) atoms. The summed E-state index contributed by atoms with van der Waals surface area (Å²) >= 11 is 2.19. The number of rotatable bonds is 8. The average Bonchev–Trinajstić information content (AvgIpc) is 3.05. The van der Waals surface area contributed by atoms with Gasteiger partial charge >= 0.3 is 0 Å². The fourth-order valence-electron chi connectivity index (χ4n) is 3.44. The molecule has 2 aliphatic rings. The Morgan fingerprint density at radius 2 is 2.32 bits per heavy atom. The van der Waals surface area contributed by atoms with Crippen molar-refractivity contribution in [2.24, 2.45) is 0 Å². The maximum atomic E-state index is 5.74.